The first-order valence-corrected chi connectivity index (χ1v) is 13.8. The van der Waals surface area contributed by atoms with Crippen LogP contribution in [0.3, 0.4) is 0 Å². The number of fused-ring (bicyclic) bond motifs is 3. The summed E-state index contributed by atoms with van der Waals surface area (Å²) in [7, 11) is 0. The van der Waals surface area contributed by atoms with E-state index >= 15 is 0 Å². The molecule has 1 aliphatic carbocycles. The first kappa shape index (κ1) is 23.8. The monoisotopic (exact) mass is 488 g/mol. The highest BCUT2D eigenvalue weighted by atomic mass is 16.5. The van der Waals surface area contributed by atoms with Crippen LogP contribution in [0, 0.1) is 11.8 Å². The highest BCUT2D eigenvalue weighted by molar-refractivity contribution is 5.30. The van der Waals surface area contributed by atoms with Gasteiger partial charge in [0.05, 0.1) is 19.7 Å². The molecule has 4 heterocycles. The number of rotatable bonds is 8. The molecule has 0 amide bonds. The van der Waals surface area contributed by atoms with Crippen molar-refractivity contribution in [2.24, 2.45) is 11.8 Å². The smallest absolute Gasteiger partial charge is 0.282 e. The fraction of sp³-hybridized carbons (Fsp3) is 0.533. The normalized spacial score (nSPS) is 28.1. The number of nitrogens with zero attached hydrogens (tertiary/aromatic N) is 3. The molecule has 2 bridgehead atoms. The van der Waals surface area contributed by atoms with Crippen LogP contribution in [0.4, 0.5) is 0 Å². The van der Waals surface area contributed by atoms with Gasteiger partial charge in [-0.15, -0.1) is 0 Å². The molecule has 2 aromatic carbocycles. The van der Waals surface area contributed by atoms with Crippen LogP contribution < -0.4 is 0 Å². The maximum atomic E-state index is 12.1. The van der Waals surface area contributed by atoms with Gasteiger partial charge in [0.15, 0.2) is 12.1 Å². The summed E-state index contributed by atoms with van der Waals surface area (Å²) in [5.41, 5.74) is 0.883. The third kappa shape index (κ3) is 4.62. The molecule has 4 fully saturated rings. The average molecular weight is 489 g/mol. The Morgan fingerprint density at radius 1 is 0.917 bits per heavy atom. The lowest BCUT2D eigenvalue weighted by atomic mass is 9.73. The standard InChI is InChI=1S/C30H38N3O3/c34-30(25-12-6-2-7-13-25,26-14-8-3-9-15-26)29-31-28(36-32-29)21-33-18-16-24(17-19-33)27(20-33)35-22-23-10-4-1-5-11-23/h1-2,4-7,10-13,24,26-27,34H,3,8-9,14-22H2/q+1/t24?,27?,30-,33?/m0/s1. The minimum Gasteiger partial charge on any atom is -0.377 e. The minimum absolute atomic E-state index is 0.104. The summed E-state index contributed by atoms with van der Waals surface area (Å²) in [5.74, 6) is 1.81. The van der Waals surface area contributed by atoms with E-state index in [1.807, 2.05) is 36.4 Å². The summed E-state index contributed by atoms with van der Waals surface area (Å²) in [5, 5.41) is 16.5. The number of hydrogen-bond acceptors (Lipinski definition) is 5. The van der Waals surface area contributed by atoms with E-state index in [1.165, 1.54) is 24.8 Å². The van der Waals surface area contributed by atoms with Crippen molar-refractivity contribution in [1.82, 2.24) is 10.1 Å². The van der Waals surface area contributed by atoms with E-state index in [1.54, 1.807) is 0 Å². The zero-order valence-corrected chi connectivity index (χ0v) is 21.1. The lowest BCUT2D eigenvalue weighted by Crippen LogP contribution is -2.63. The fourth-order valence-corrected chi connectivity index (χ4v) is 6.93. The molecule has 2 atom stereocenters. The third-order valence-corrected chi connectivity index (χ3v) is 9.04. The summed E-state index contributed by atoms with van der Waals surface area (Å²) in [4.78, 5) is 4.87. The molecule has 36 heavy (non-hydrogen) atoms. The molecule has 7 rings (SSSR count). The van der Waals surface area contributed by atoms with Gasteiger partial charge >= 0.3 is 0 Å². The fourth-order valence-electron chi connectivity index (χ4n) is 6.93. The van der Waals surface area contributed by atoms with E-state index in [0.717, 1.165) is 55.4 Å². The number of aromatic nitrogens is 2. The van der Waals surface area contributed by atoms with Gasteiger partial charge in [-0.2, -0.15) is 4.98 Å². The van der Waals surface area contributed by atoms with Crippen LogP contribution in [0.2, 0.25) is 0 Å². The molecular formula is C30H38N3O3+. The Morgan fingerprint density at radius 3 is 2.33 bits per heavy atom. The van der Waals surface area contributed by atoms with Crippen LogP contribution in [0.15, 0.2) is 65.2 Å². The summed E-state index contributed by atoms with van der Waals surface area (Å²) >= 11 is 0. The van der Waals surface area contributed by atoms with Gasteiger partial charge in [-0.1, -0.05) is 85.1 Å². The molecule has 4 aliphatic rings. The summed E-state index contributed by atoms with van der Waals surface area (Å²) in [6, 6.07) is 20.4. The Morgan fingerprint density at radius 2 is 1.61 bits per heavy atom. The van der Waals surface area contributed by atoms with Crippen molar-refractivity contribution >= 4 is 0 Å². The largest absolute Gasteiger partial charge is 0.377 e. The molecule has 1 aromatic heterocycles. The molecule has 1 saturated carbocycles. The second-order valence-corrected chi connectivity index (χ2v) is 11.3. The molecule has 0 radical (unpaired) electrons. The number of quaternary nitrogens is 1. The zero-order valence-electron chi connectivity index (χ0n) is 21.1. The van der Waals surface area contributed by atoms with Crippen LogP contribution in [0.25, 0.3) is 0 Å². The maximum absolute atomic E-state index is 12.1. The van der Waals surface area contributed by atoms with Gasteiger partial charge in [-0.25, -0.2) is 0 Å². The Labute approximate surface area is 213 Å². The van der Waals surface area contributed by atoms with Crippen LogP contribution in [0.5, 0.6) is 0 Å². The van der Waals surface area contributed by atoms with Crippen LogP contribution >= 0.6 is 0 Å². The van der Waals surface area contributed by atoms with Crippen LogP contribution in [-0.4, -0.2) is 45.5 Å². The Kier molecular flexibility index (Phi) is 6.67. The van der Waals surface area contributed by atoms with Crippen molar-refractivity contribution in [3.8, 4) is 0 Å². The molecule has 3 aliphatic heterocycles. The van der Waals surface area contributed by atoms with Gasteiger partial charge < -0.3 is 18.8 Å². The predicted molar refractivity (Wildman–Crippen MR) is 137 cm³/mol. The number of benzene rings is 2. The SMILES string of the molecule is O[C@](c1ccccc1)(c1noc(C[N+]23CCC(CC2)C(OCc2ccccc2)C3)n1)C1CCCCC1. The van der Waals surface area contributed by atoms with Gasteiger partial charge in [-0.05, 0) is 29.9 Å². The van der Waals surface area contributed by atoms with E-state index in [9.17, 15) is 5.11 Å². The molecule has 6 nitrogen and oxygen atoms in total. The second kappa shape index (κ2) is 10.1. The van der Waals surface area contributed by atoms with Crippen molar-refractivity contribution < 1.29 is 18.8 Å². The van der Waals surface area contributed by atoms with E-state index in [4.69, 9.17) is 14.2 Å². The molecule has 3 saturated heterocycles. The highest BCUT2D eigenvalue weighted by Gasteiger charge is 2.49. The average Bonchev–Trinajstić information content (AvgIpc) is 3.42. The lowest BCUT2D eigenvalue weighted by Gasteiger charge is -2.51. The minimum atomic E-state index is -1.21. The first-order chi connectivity index (χ1) is 17.6. The van der Waals surface area contributed by atoms with Gasteiger partial charge in [0.25, 0.3) is 5.89 Å². The molecule has 6 heteroatoms. The van der Waals surface area contributed by atoms with Gasteiger partial charge in [-0.3, -0.25) is 0 Å². The molecular weight excluding hydrogens is 450 g/mol. The number of hydrogen-bond donors (Lipinski definition) is 1. The first-order valence-electron chi connectivity index (χ1n) is 13.8. The van der Waals surface area contributed by atoms with E-state index < -0.39 is 5.60 Å². The van der Waals surface area contributed by atoms with Crippen molar-refractivity contribution in [1.29, 1.82) is 0 Å². The predicted octanol–water partition coefficient (Wildman–Crippen LogP) is 5.21. The summed E-state index contributed by atoms with van der Waals surface area (Å²) < 4.78 is 13.2. The topological polar surface area (TPSA) is 68.4 Å². The highest BCUT2D eigenvalue weighted by Crippen LogP contribution is 2.43. The molecule has 190 valence electrons. The van der Waals surface area contributed by atoms with Crippen molar-refractivity contribution in [3.05, 3.63) is 83.5 Å². The van der Waals surface area contributed by atoms with E-state index in [-0.39, 0.29) is 12.0 Å². The van der Waals surface area contributed by atoms with Gasteiger partial charge in [0, 0.05) is 18.8 Å². The third-order valence-electron chi connectivity index (χ3n) is 9.04. The van der Waals surface area contributed by atoms with E-state index in [0.29, 0.717) is 30.8 Å². The van der Waals surface area contributed by atoms with Gasteiger partial charge in [0.2, 0.25) is 5.82 Å². The zero-order chi connectivity index (χ0) is 24.4. The number of ether oxygens (including phenoxy) is 1. The molecule has 0 spiro atoms. The van der Waals surface area contributed by atoms with Gasteiger partial charge in [0.1, 0.15) is 12.6 Å². The molecule has 1 N–H and O–H groups in total. The van der Waals surface area contributed by atoms with Crippen LogP contribution in [0.1, 0.15) is 67.8 Å². The second-order valence-electron chi connectivity index (χ2n) is 11.3. The number of piperidine rings is 3. The Bertz CT molecular complexity index is 1120. The molecule has 3 aromatic rings. The van der Waals surface area contributed by atoms with E-state index in [2.05, 4.69) is 29.4 Å². The van der Waals surface area contributed by atoms with Crippen molar-refractivity contribution in [3.63, 3.8) is 0 Å². The van der Waals surface area contributed by atoms with Crippen molar-refractivity contribution in [2.75, 3.05) is 19.6 Å². The maximum Gasteiger partial charge on any atom is 0.282 e. The quantitative estimate of drug-likeness (QED) is 0.441. The lowest BCUT2D eigenvalue weighted by molar-refractivity contribution is -0.959. The van der Waals surface area contributed by atoms with Crippen LogP contribution in [-0.2, 0) is 23.5 Å². The Balaban J connectivity index is 1.20. The summed E-state index contributed by atoms with van der Waals surface area (Å²) in [6.45, 7) is 4.61. The Hall–Kier alpha value is -2.54. The van der Waals surface area contributed by atoms with Crippen molar-refractivity contribution in [2.45, 2.75) is 69.8 Å². The summed E-state index contributed by atoms with van der Waals surface area (Å²) in [6.07, 6.45) is 8.08. The number of aliphatic hydroxyl groups is 1. The molecule has 1 unspecified atom stereocenters.